The summed E-state index contributed by atoms with van der Waals surface area (Å²) in [5.41, 5.74) is 0.198. The molecule has 1 fully saturated rings. The lowest BCUT2D eigenvalue weighted by atomic mass is 10.0. The molecule has 1 saturated heterocycles. The summed E-state index contributed by atoms with van der Waals surface area (Å²) in [6.45, 7) is 0.495. The first kappa shape index (κ1) is 13.8. The molecule has 0 spiro atoms. The van der Waals surface area contributed by atoms with E-state index in [1.165, 1.54) is 10.6 Å². The topological polar surface area (TPSA) is 74.9 Å². The smallest absolute Gasteiger partial charge is 0.270 e. The van der Waals surface area contributed by atoms with Crippen LogP contribution in [0.4, 0.5) is 0 Å². The SMILES string of the molecule is O=C(c1cnc2ccccn2c1=O)N1CCCCC1CO. The number of aliphatic hydroxyl groups is 1. The molecule has 1 N–H and O–H groups in total. The van der Waals surface area contributed by atoms with E-state index < -0.39 is 0 Å². The Kier molecular flexibility index (Phi) is 3.70. The first-order chi connectivity index (χ1) is 10.2. The number of hydrogen-bond acceptors (Lipinski definition) is 4. The predicted molar refractivity (Wildman–Crippen MR) is 77.2 cm³/mol. The Morgan fingerprint density at radius 3 is 3.05 bits per heavy atom. The van der Waals surface area contributed by atoms with Gasteiger partial charge in [-0.1, -0.05) is 6.07 Å². The van der Waals surface area contributed by atoms with Gasteiger partial charge in [-0.25, -0.2) is 4.98 Å². The van der Waals surface area contributed by atoms with Crippen LogP contribution >= 0.6 is 0 Å². The van der Waals surface area contributed by atoms with Crippen LogP contribution in [-0.2, 0) is 0 Å². The van der Waals surface area contributed by atoms with Gasteiger partial charge in [-0.2, -0.15) is 0 Å². The summed E-state index contributed by atoms with van der Waals surface area (Å²) in [4.78, 5) is 30.8. The fourth-order valence-electron chi connectivity index (χ4n) is 2.79. The molecular weight excluding hydrogens is 270 g/mol. The zero-order valence-corrected chi connectivity index (χ0v) is 11.6. The molecule has 0 radical (unpaired) electrons. The summed E-state index contributed by atoms with van der Waals surface area (Å²) in [7, 11) is 0. The van der Waals surface area contributed by atoms with Gasteiger partial charge in [0.15, 0.2) is 0 Å². The molecule has 1 aliphatic rings. The number of piperidine rings is 1. The van der Waals surface area contributed by atoms with Crippen molar-refractivity contribution in [3.63, 3.8) is 0 Å². The standard InChI is InChI=1S/C15H17N3O3/c19-10-11-5-1-3-7-17(11)14(20)12-9-16-13-6-2-4-8-18(13)15(12)21/h2,4,6,8-9,11,19H,1,3,5,7,10H2. The fourth-order valence-corrected chi connectivity index (χ4v) is 2.79. The van der Waals surface area contributed by atoms with E-state index in [9.17, 15) is 14.7 Å². The van der Waals surface area contributed by atoms with E-state index >= 15 is 0 Å². The normalized spacial score (nSPS) is 18.9. The van der Waals surface area contributed by atoms with Crippen LogP contribution in [0.3, 0.4) is 0 Å². The highest BCUT2D eigenvalue weighted by Gasteiger charge is 2.28. The third kappa shape index (κ3) is 2.42. The highest BCUT2D eigenvalue weighted by atomic mass is 16.3. The average molecular weight is 287 g/mol. The van der Waals surface area contributed by atoms with E-state index in [0.29, 0.717) is 12.2 Å². The molecule has 6 nitrogen and oxygen atoms in total. The zero-order chi connectivity index (χ0) is 14.8. The number of aliphatic hydroxyl groups excluding tert-OH is 1. The van der Waals surface area contributed by atoms with Crippen molar-refractivity contribution in [3.8, 4) is 0 Å². The van der Waals surface area contributed by atoms with Crippen LogP contribution in [0.1, 0.15) is 29.6 Å². The van der Waals surface area contributed by atoms with Crippen LogP contribution in [-0.4, -0.2) is 44.5 Å². The molecule has 1 aliphatic heterocycles. The van der Waals surface area contributed by atoms with Crippen LogP contribution in [0.5, 0.6) is 0 Å². The Morgan fingerprint density at radius 1 is 1.38 bits per heavy atom. The maximum absolute atomic E-state index is 12.6. The Balaban J connectivity index is 2.01. The highest BCUT2D eigenvalue weighted by molar-refractivity contribution is 5.94. The lowest BCUT2D eigenvalue weighted by Crippen LogP contribution is -2.47. The lowest BCUT2D eigenvalue weighted by molar-refractivity contribution is 0.0500. The molecule has 2 aromatic heterocycles. The lowest BCUT2D eigenvalue weighted by Gasteiger charge is -2.34. The molecule has 0 bridgehead atoms. The molecule has 0 aliphatic carbocycles. The second-order valence-corrected chi connectivity index (χ2v) is 5.24. The van der Waals surface area contributed by atoms with Crippen molar-refractivity contribution in [3.05, 3.63) is 46.5 Å². The Labute approximate surface area is 121 Å². The van der Waals surface area contributed by atoms with Gasteiger partial charge in [-0.3, -0.25) is 14.0 Å². The van der Waals surface area contributed by atoms with Crippen LogP contribution in [0.2, 0.25) is 0 Å². The van der Waals surface area contributed by atoms with E-state index in [2.05, 4.69) is 4.98 Å². The first-order valence-corrected chi connectivity index (χ1v) is 7.10. The zero-order valence-electron chi connectivity index (χ0n) is 11.6. The van der Waals surface area contributed by atoms with Crippen molar-refractivity contribution < 1.29 is 9.90 Å². The maximum atomic E-state index is 12.6. The van der Waals surface area contributed by atoms with E-state index in [1.807, 2.05) is 0 Å². The summed E-state index contributed by atoms with van der Waals surface area (Å²) in [5.74, 6) is -0.343. The molecule has 0 saturated carbocycles. The van der Waals surface area contributed by atoms with Gasteiger partial charge >= 0.3 is 0 Å². The molecule has 2 aromatic rings. The Morgan fingerprint density at radius 2 is 2.24 bits per heavy atom. The average Bonchev–Trinajstić information content (AvgIpc) is 2.55. The van der Waals surface area contributed by atoms with Crippen LogP contribution in [0, 0.1) is 0 Å². The molecular formula is C15H17N3O3. The van der Waals surface area contributed by atoms with Gasteiger partial charge in [-0.15, -0.1) is 0 Å². The van der Waals surface area contributed by atoms with Gasteiger partial charge in [0.2, 0.25) is 0 Å². The van der Waals surface area contributed by atoms with E-state index in [0.717, 1.165) is 19.3 Å². The molecule has 3 rings (SSSR count). The van der Waals surface area contributed by atoms with Crippen LogP contribution < -0.4 is 5.56 Å². The van der Waals surface area contributed by atoms with Gasteiger partial charge < -0.3 is 10.0 Å². The molecule has 21 heavy (non-hydrogen) atoms. The summed E-state index contributed by atoms with van der Waals surface area (Å²) in [6.07, 6.45) is 5.59. The molecule has 110 valence electrons. The largest absolute Gasteiger partial charge is 0.394 e. The number of rotatable bonds is 2. The van der Waals surface area contributed by atoms with Crippen LogP contribution in [0.25, 0.3) is 5.65 Å². The van der Waals surface area contributed by atoms with Crippen molar-refractivity contribution in [2.24, 2.45) is 0 Å². The number of hydrogen-bond donors (Lipinski definition) is 1. The van der Waals surface area contributed by atoms with E-state index in [4.69, 9.17) is 0 Å². The number of amides is 1. The van der Waals surface area contributed by atoms with Crippen molar-refractivity contribution in [1.82, 2.24) is 14.3 Å². The van der Waals surface area contributed by atoms with Crippen molar-refractivity contribution in [2.75, 3.05) is 13.2 Å². The minimum Gasteiger partial charge on any atom is -0.394 e. The summed E-state index contributed by atoms with van der Waals surface area (Å²) < 4.78 is 1.37. The van der Waals surface area contributed by atoms with Gasteiger partial charge in [0, 0.05) is 18.9 Å². The molecule has 1 unspecified atom stereocenters. The van der Waals surface area contributed by atoms with E-state index in [-0.39, 0.29) is 29.7 Å². The number of nitrogens with zero attached hydrogens (tertiary/aromatic N) is 3. The van der Waals surface area contributed by atoms with Gasteiger partial charge in [0.05, 0.1) is 12.6 Å². The van der Waals surface area contributed by atoms with Crippen molar-refractivity contribution in [1.29, 1.82) is 0 Å². The second-order valence-electron chi connectivity index (χ2n) is 5.24. The number of carbonyl (C=O) groups is 1. The van der Waals surface area contributed by atoms with Crippen molar-refractivity contribution >= 4 is 11.6 Å². The van der Waals surface area contributed by atoms with Gasteiger partial charge in [0.25, 0.3) is 11.5 Å². The third-order valence-corrected chi connectivity index (χ3v) is 3.94. The van der Waals surface area contributed by atoms with Crippen LogP contribution in [0.15, 0.2) is 35.4 Å². The molecule has 6 heteroatoms. The van der Waals surface area contributed by atoms with Gasteiger partial charge in [-0.05, 0) is 31.4 Å². The molecule has 3 heterocycles. The van der Waals surface area contributed by atoms with Gasteiger partial charge in [0.1, 0.15) is 11.2 Å². The monoisotopic (exact) mass is 287 g/mol. The van der Waals surface area contributed by atoms with E-state index in [1.54, 1.807) is 29.3 Å². The Hall–Kier alpha value is -2.21. The summed E-state index contributed by atoms with van der Waals surface area (Å²) >= 11 is 0. The maximum Gasteiger partial charge on any atom is 0.270 e. The quantitative estimate of drug-likeness (QED) is 0.881. The Bertz CT molecular complexity index is 725. The first-order valence-electron chi connectivity index (χ1n) is 7.10. The molecule has 1 amide bonds. The summed E-state index contributed by atoms with van der Waals surface area (Å²) in [6, 6.07) is 5.02. The predicted octanol–water partition coefficient (Wildman–Crippen LogP) is 0.681. The number of fused-ring (bicyclic) bond motifs is 1. The minimum atomic E-state index is -0.368. The van der Waals surface area contributed by atoms with Crippen molar-refractivity contribution in [2.45, 2.75) is 25.3 Å². The fraction of sp³-hybridized carbons (Fsp3) is 0.400. The second kappa shape index (κ2) is 5.65. The highest BCUT2D eigenvalue weighted by Crippen LogP contribution is 2.18. The molecule has 1 atom stereocenters. The molecule has 0 aromatic carbocycles. The minimum absolute atomic E-state index is 0.0547. The number of carbonyl (C=O) groups excluding carboxylic acids is 1. The number of aromatic nitrogens is 2. The summed E-state index contributed by atoms with van der Waals surface area (Å²) in [5, 5.41) is 9.41. The number of likely N-dealkylation sites (tertiary alicyclic amines) is 1. The third-order valence-electron chi connectivity index (χ3n) is 3.94. The number of pyridine rings is 1.